The zero-order chi connectivity index (χ0) is 36.0. The Morgan fingerprint density at radius 2 is 0.837 bits per heavy atom. The van der Waals surface area contributed by atoms with Crippen LogP contribution >= 0.6 is 0 Å². The Balaban J connectivity index is -0.0000000964. The Kier molecular flexibility index (Phi) is 42.2. The molecule has 0 saturated heterocycles. The lowest BCUT2D eigenvalue weighted by Crippen LogP contribution is -2.21. The van der Waals surface area contributed by atoms with Crippen LogP contribution in [0.1, 0.15) is 189 Å². The number of alkyl halides is 6. The summed E-state index contributed by atoms with van der Waals surface area (Å²) < 4.78 is 72.7. The molecule has 0 aromatic heterocycles. The first-order valence-corrected chi connectivity index (χ1v) is 17.3. The Labute approximate surface area is 268 Å². The summed E-state index contributed by atoms with van der Waals surface area (Å²) in [7, 11) is 0. The minimum Gasteiger partial charge on any atom is -0.207 e. The molecule has 0 aliphatic heterocycles. The van der Waals surface area contributed by atoms with E-state index in [0.717, 1.165) is 31.6 Å². The van der Waals surface area contributed by atoms with Gasteiger partial charge in [-0.15, -0.1) is 0 Å². The summed E-state index contributed by atoms with van der Waals surface area (Å²) in [6, 6.07) is 0. The Morgan fingerprint density at radius 3 is 0.884 bits per heavy atom. The molecular weight excluding hydrogens is 558 g/mol. The lowest BCUT2D eigenvalue weighted by Gasteiger charge is -2.17. The van der Waals surface area contributed by atoms with Gasteiger partial charge in [-0.2, -0.15) is 0 Å². The van der Waals surface area contributed by atoms with Crippen molar-refractivity contribution in [2.45, 2.75) is 207 Å². The molecule has 0 rings (SSSR count). The molecule has 0 N–H and O–H groups in total. The minimum atomic E-state index is -2.48. The highest BCUT2D eigenvalue weighted by Crippen LogP contribution is 2.26. The predicted molar refractivity (Wildman–Crippen MR) is 184 cm³/mol. The average Bonchev–Trinajstić information content (AvgIpc) is 2.81. The van der Waals surface area contributed by atoms with E-state index in [1.807, 2.05) is 13.8 Å². The van der Waals surface area contributed by atoms with Crippen LogP contribution in [-0.2, 0) is 0 Å². The lowest BCUT2D eigenvalue weighted by atomic mass is 10.0. The van der Waals surface area contributed by atoms with Gasteiger partial charge in [0, 0.05) is 25.2 Å². The fraction of sp³-hybridized carbons (Fsp3) is 1.00. The zero-order valence-corrected chi connectivity index (χ0v) is 32.3. The van der Waals surface area contributed by atoms with Crippen molar-refractivity contribution >= 4 is 0 Å². The van der Waals surface area contributed by atoms with Crippen molar-refractivity contribution in [3.8, 4) is 0 Å². The largest absolute Gasteiger partial charge is 0.250 e. The predicted octanol–water partition coefficient (Wildman–Crippen LogP) is 15.8. The van der Waals surface area contributed by atoms with E-state index in [-0.39, 0.29) is 25.2 Å². The Morgan fingerprint density at radius 1 is 0.465 bits per heavy atom. The van der Waals surface area contributed by atoms with Crippen molar-refractivity contribution in [2.75, 3.05) is 0 Å². The van der Waals surface area contributed by atoms with Gasteiger partial charge in [0.1, 0.15) is 0 Å². The molecule has 0 heterocycles. The number of unbranched alkanes of at least 4 members (excludes halogenated alkanes) is 1. The Hall–Kier alpha value is -0.420. The van der Waals surface area contributed by atoms with Crippen LogP contribution in [-0.4, -0.2) is 17.8 Å². The average molecular weight is 639 g/mol. The van der Waals surface area contributed by atoms with E-state index in [1.54, 1.807) is 13.8 Å². The van der Waals surface area contributed by atoms with Gasteiger partial charge in [0.05, 0.1) is 0 Å². The van der Waals surface area contributed by atoms with Crippen molar-refractivity contribution in [1.82, 2.24) is 0 Å². The van der Waals surface area contributed by atoms with Crippen LogP contribution in [0.3, 0.4) is 0 Å². The molecule has 6 heteroatoms. The fourth-order valence-electron chi connectivity index (χ4n) is 2.86. The molecule has 0 radical (unpaired) electrons. The monoisotopic (exact) mass is 639 g/mol. The van der Waals surface area contributed by atoms with Gasteiger partial charge in [-0.25, -0.2) is 26.3 Å². The van der Waals surface area contributed by atoms with Crippen LogP contribution < -0.4 is 0 Å². The standard InChI is InChI=1S/C7H14F2.C7H16.2C6H12F2.C6H14.C5H12/c1-6(2)4-5-7(3,8)9;1-4-5-6-7(2)3;1-5(2)4-6(3,7)8;1-4-6(7,8)5(2)3;1-4-5-6(2)3;1-4-5(2)3/h6H,4-5H2,1-3H3;7H,4-6H2,1-3H3;2*5H,4H2,1-3H3;6H,4-5H2,1-3H3;5H,4H2,1-3H3. The fourth-order valence-corrected chi connectivity index (χ4v) is 2.86. The summed E-state index contributed by atoms with van der Waals surface area (Å²) in [6.45, 7) is 34.1. The molecule has 0 saturated carbocycles. The molecule has 0 aromatic rings. The van der Waals surface area contributed by atoms with Crippen molar-refractivity contribution in [2.24, 2.45) is 35.5 Å². The van der Waals surface area contributed by atoms with Gasteiger partial charge in [0.2, 0.25) is 17.8 Å². The third-order valence-electron chi connectivity index (χ3n) is 6.06. The smallest absolute Gasteiger partial charge is 0.207 e. The SMILES string of the molecule is CC(C)CC(C)(F)F.CC(C)CCC(C)(F)F.CCC(C)C.CCC(F)(F)C(C)C.CCCC(C)C.CCCCC(C)C. The molecule has 270 valence electrons. The van der Waals surface area contributed by atoms with Crippen molar-refractivity contribution in [1.29, 1.82) is 0 Å². The second-order valence-electron chi connectivity index (χ2n) is 14.5. The topological polar surface area (TPSA) is 0 Å². The van der Waals surface area contributed by atoms with Crippen molar-refractivity contribution in [3.63, 3.8) is 0 Å². The maximum absolute atomic E-state index is 12.3. The van der Waals surface area contributed by atoms with Gasteiger partial charge in [-0.3, -0.25) is 0 Å². The van der Waals surface area contributed by atoms with Gasteiger partial charge < -0.3 is 0 Å². The van der Waals surface area contributed by atoms with Gasteiger partial charge >= 0.3 is 0 Å². The van der Waals surface area contributed by atoms with Gasteiger partial charge in [-0.1, -0.05) is 149 Å². The van der Waals surface area contributed by atoms with Crippen molar-refractivity contribution in [3.05, 3.63) is 0 Å². The molecule has 0 fully saturated rings. The summed E-state index contributed by atoms with van der Waals surface area (Å²) in [5, 5.41) is 0. The summed E-state index contributed by atoms with van der Waals surface area (Å²) >= 11 is 0. The highest BCUT2D eigenvalue weighted by molar-refractivity contribution is 4.66. The normalized spacial score (nSPS) is 11.6. The van der Waals surface area contributed by atoms with Crippen LogP contribution in [0.25, 0.3) is 0 Å². The first-order valence-electron chi connectivity index (χ1n) is 17.3. The van der Waals surface area contributed by atoms with Gasteiger partial charge in [0.15, 0.2) is 0 Å². The van der Waals surface area contributed by atoms with Crippen LogP contribution in [0.5, 0.6) is 0 Å². The second-order valence-corrected chi connectivity index (χ2v) is 14.5. The highest BCUT2D eigenvalue weighted by Gasteiger charge is 2.30. The molecule has 0 bridgehead atoms. The first-order chi connectivity index (χ1) is 19.1. The molecule has 0 amide bonds. The third-order valence-corrected chi connectivity index (χ3v) is 6.06. The van der Waals surface area contributed by atoms with E-state index in [9.17, 15) is 26.3 Å². The second kappa shape index (κ2) is 33.0. The molecule has 0 nitrogen and oxygen atoms in total. The van der Waals surface area contributed by atoms with Crippen LogP contribution in [0.4, 0.5) is 26.3 Å². The van der Waals surface area contributed by atoms with Crippen LogP contribution in [0.15, 0.2) is 0 Å². The molecule has 0 aromatic carbocycles. The highest BCUT2D eigenvalue weighted by atomic mass is 19.3. The van der Waals surface area contributed by atoms with E-state index >= 15 is 0 Å². The van der Waals surface area contributed by atoms with E-state index in [1.165, 1.54) is 59.3 Å². The number of hydrogen-bond donors (Lipinski definition) is 0. The summed E-state index contributed by atoms with van der Waals surface area (Å²) in [4.78, 5) is 0. The number of rotatable bonds is 13. The summed E-state index contributed by atoms with van der Waals surface area (Å²) in [5.74, 6) is -4.76. The van der Waals surface area contributed by atoms with Gasteiger partial charge in [-0.05, 0) is 49.9 Å². The molecule has 0 unspecified atom stereocenters. The maximum atomic E-state index is 12.3. The number of halogens is 6. The lowest BCUT2D eigenvalue weighted by molar-refractivity contribution is -0.0478. The quantitative estimate of drug-likeness (QED) is 0.176. The molecule has 0 spiro atoms. The van der Waals surface area contributed by atoms with Crippen molar-refractivity contribution < 1.29 is 26.3 Å². The minimum absolute atomic E-state index is 0.00694. The van der Waals surface area contributed by atoms with Crippen LogP contribution in [0.2, 0.25) is 0 Å². The molecule has 0 aliphatic rings. The van der Waals surface area contributed by atoms with E-state index in [4.69, 9.17) is 0 Å². The first kappa shape index (κ1) is 55.0. The van der Waals surface area contributed by atoms with Gasteiger partial charge in [0.25, 0.3) is 0 Å². The van der Waals surface area contributed by atoms with Crippen LogP contribution in [0, 0.1) is 35.5 Å². The summed E-state index contributed by atoms with van der Waals surface area (Å²) in [5.41, 5.74) is 0. The zero-order valence-electron chi connectivity index (χ0n) is 32.3. The molecule has 43 heavy (non-hydrogen) atoms. The third kappa shape index (κ3) is 79.7. The number of hydrogen-bond acceptors (Lipinski definition) is 0. The molecule has 0 aliphatic carbocycles. The Bertz CT molecular complexity index is 498. The molecular formula is C37H80F6. The van der Waals surface area contributed by atoms with E-state index < -0.39 is 23.7 Å². The van der Waals surface area contributed by atoms with E-state index in [0.29, 0.717) is 12.3 Å². The maximum Gasteiger partial charge on any atom is 0.250 e. The van der Waals surface area contributed by atoms with E-state index in [2.05, 4.69) is 62.3 Å². The molecule has 0 atom stereocenters. The summed E-state index contributed by atoms with van der Waals surface area (Å²) in [6.07, 6.45) is 8.73.